The summed E-state index contributed by atoms with van der Waals surface area (Å²) in [5.74, 6) is -0.0310. The first kappa shape index (κ1) is 18.2. The molecule has 0 spiro atoms. The zero-order valence-electron chi connectivity index (χ0n) is 14.9. The SMILES string of the molecule is CC1(C)C2CCC1(C)C(OC(=O)c1cc3cc(Br)cc(Br)c3oc1=O)C2. The van der Waals surface area contributed by atoms with E-state index < -0.39 is 11.6 Å². The Balaban J connectivity index is 1.67. The van der Waals surface area contributed by atoms with Crippen molar-refractivity contribution in [3.8, 4) is 0 Å². The molecule has 0 saturated heterocycles. The minimum Gasteiger partial charge on any atom is -0.458 e. The Labute approximate surface area is 168 Å². The van der Waals surface area contributed by atoms with Crippen LogP contribution < -0.4 is 5.63 Å². The van der Waals surface area contributed by atoms with Crippen molar-refractivity contribution in [2.75, 3.05) is 0 Å². The molecule has 138 valence electrons. The summed E-state index contributed by atoms with van der Waals surface area (Å²) >= 11 is 6.79. The van der Waals surface area contributed by atoms with Crippen LogP contribution in [0.25, 0.3) is 11.0 Å². The molecule has 1 heterocycles. The lowest BCUT2D eigenvalue weighted by molar-refractivity contribution is -0.0245. The molecule has 2 aliphatic carbocycles. The van der Waals surface area contributed by atoms with E-state index in [2.05, 4.69) is 52.6 Å². The second-order valence-corrected chi connectivity index (χ2v) is 10.0. The van der Waals surface area contributed by atoms with Crippen molar-refractivity contribution in [3.63, 3.8) is 0 Å². The molecule has 2 fully saturated rings. The van der Waals surface area contributed by atoms with Gasteiger partial charge in [-0.25, -0.2) is 9.59 Å². The lowest BCUT2D eigenvalue weighted by Gasteiger charge is -2.38. The fraction of sp³-hybridized carbons (Fsp3) is 0.500. The van der Waals surface area contributed by atoms with Gasteiger partial charge in [0, 0.05) is 15.3 Å². The maximum Gasteiger partial charge on any atom is 0.351 e. The van der Waals surface area contributed by atoms with Gasteiger partial charge in [-0.05, 0) is 64.7 Å². The molecule has 1 aromatic carbocycles. The Bertz CT molecular complexity index is 978. The van der Waals surface area contributed by atoms with Gasteiger partial charge < -0.3 is 9.15 Å². The smallest absolute Gasteiger partial charge is 0.351 e. The number of carbonyl (C=O) groups is 1. The molecule has 6 heteroatoms. The Hall–Kier alpha value is -1.14. The Morgan fingerprint density at radius 2 is 1.96 bits per heavy atom. The highest BCUT2D eigenvalue weighted by Crippen LogP contribution is 2.66. The second kappa shape index (κ2) is 5.93. The molecule has 4 nitrogen and oxygen atoms in total. The highest BCUT2D eigenvalue weighted by atomic mass is 79.9. The molecule has 0 radical (unpaired) electrons. The summed E-state index contributed by atoms with van der Waals surface area (Å²) in [5.41, 5.74) is -0.203. The highest BCUT2D eigenvalue weighted by molar-refractivity contribution is 9.11. The van der Waals surface area contributed by atoms with Crippen LogP contribution in [0.15, 0.2) is 36.4 Å². The zero-order chi connectivity index (χ0) is 18.9. The molecule has 4 rings (SSSR count). The van der Waals surface area contributed by atoms with Gasteiger partial charge in [-0.2, -0.15) is 0 Å². The van der Waals surface area contributed by atoms with Gasteiger partial charge in [-0.1, -0.05) is 36.7 Å². The van der Waals surface area contributed by atoms with E-state index in [4.69, 9.17) is 9.15 Å². The molecule has 26 heavy (non-hydrogen) atoms. The molecule has 2 saturated carbocycles. The number of halogens is 2. The average molecular weight is 484 g/mol. The topological polar surface area (TPSA) is 56.5 Å². The maximum absolute atomic E-state index is 12.8. The van der Waals surface area contributed by atoms with Crippen LogP contribution in [0.5, 0.6) is 0 Å². The first-order chi connectivity index (χ1) is 12.1. The number of fused-ring (bicyclic) bond motifs is 3. The summed E-state index contributed by atoms with van der Waals surface area (Å²) in [6, 6.07) is 5.16. The summed E-state index contributed by atoms with van der Waals surface area (Å²) in [6.45, 7) is 6.73. The molecule has 1 aromatic heterocycles. The van der Waals surface area contributed by atoms with Crippen LogP contribution in [-0.2, 0) is 4.74 Å². The predicted molar refractivity (Wildman–Crippen MR) is 106 cm³/mol. The Kier molecular flexibility index (Phi) is 4.16. The molecule has 2 aromatic rings. The highest BCUT2D eigenvalue weighted by Gasteiger charge is 2.62. The van der Waals surface area contributed by atoms with E-state index in [9.17, 15) is 9.59 Å². The van der Waals surface area contributed by atoms with Crippen molar-refractivity contribution in [1.29, 1.82) is 0 Å². The first-order valence-corrected chi connectivity index (χ1v) is 10.4. The van der Waals surface area contributed by atoms with Crippen LogP contribution in [0, 0.1) is 16.7 Å². The third-order valence-electron chi connectivity index (χ3n) is 6.93. The van der Waals surface area contributed by atoms with Crippen molar-refractivity contribution in [2.45, 2.75) is 46.1 Å². The Morgan fingerprint density at radius 3 is 2.58 bits per heavy atom. The molecular formula is C20H20Br2O4. The lowest BCUT2D eigenvalue weighted by atomic mass is 9.70. The molecule has 3 atom stereocenters. The minimum absolute atomic E-state index is 0.0452. The van der Waals surface area contributed by atoms with Crippen molar-refractivity contribution in [3.05, 3.63) is 43.1 Å². The van der Waals surface area contributed by atoms with E-state index in [-0.39, 0.29) is 22.5 Å². The van der Waals surface area contributed by atoms with E-state index in [1.807, 2.05) is 6.07 Å². The van der Waals surface area contributed by atoms with Gasteiger partial charge >= 0.3 is 11.6 Å². The largest absolute Gasteiger partial charge is 0.458 e. The average Bonchev–Trinajstić information content (AvgIpc) is 2.88. The van der Waals surface area contributed by atoms with Gasteiger partial charge in [0.1, 0.15) is 11.7 Å². The third kappa shape index (κ3) is 2.52. The lowest BCUT2D eigenvalue weighted by Crippen LogP contribution is -2.38. The van der Waals surface area contributed by atoms with E-state index in [0.29, 0.717) is 21.4 Å². The summed E-state index contributed by atoms with van der Waals surface area (Å²) in [7, 11) is 0. The fourth-order valence-electron chi connectivity index (χ4n) is 4.80. The van der Waals surface area contributed by atoms with Gasteiger partial charge in [0.15, 0.2) is 5.58 Å². The maximum atomic E-state index is 12.8. The second-order valence-electron chi connectivity index (χ2n) is 8.26. The number of ether oxygens (including phenoxy) is 1. The predicted octanol–water partition coefficient (Wildman–Crippen LogP) is 5.69. The van der Waals surface area contributed by atoms with Crippen molar-refractivity contribution in [2.24, 2.45) is 16.7 Å². The Morgan fingerprint density at radius 1 is 1.23 bits per heavy atom. The van der Waals surface area contributed by atoms with Gasteiger partial charge in [0.2, 0.25) is 0 Å². The minimum atomic E-state index is -0.668. The van der Waals surface area contributed by atoms with Crippen LogP contribution in [0.3, 0.4) is 0 Å². The number of benzene rings is 1. The van der Waals surface area contributed by atoms with Crippen LogP contribution in [-0.4, -0.2) is 12.1 Å². The molecular weight excluding hydrogens is 464 g/mol. The molecule has 0 aliphatic heterocycles. The van der Waals surface area contributed by atoms with Gasteiger partial charge in [-0.3, -0.25) is 0 Å². The van der Waals surface area contributed by atoms with Gasteiger partial charge in [-0.15, -0.1) is 0 Å². The third-order valence-corrected chi connectivity index (χ3v) is 7.98. The quantitative estimate of drug-likeness (QED) is 0.406. The van der Waals surface area contributed by atoms with Crippen LogP contribution in [0.1, 0.15) is 50.4 Å². The van der Waals surface area contributed by atoms with E-state index >= 15 is 0 Å². The van der Waals surface area contributed by atoms with Crippen molar-refractivity contribution >= 4 is 48.8 Å². The van der Waals surface area contributed by atoms with Gasteiger partial charge in [0.05, 0.1) is 4.47 Å². The molecule has 2 bridgehead atoms. The summed E-state index contributed by atoms with van der Waals surface area (Å²) in [6.07, 6.45) is 2.94. The first-order valence-electron chi connectivity index (χ1n) is 8.77. The number of hydrogen-bond acceptors (Lipinski definition) is 4. The molecule has 0 amide bonds. The normalized spacial score (nSPS) is 29.3. The van der Waals surface area contributed by atoms with Crippen LogP contribution in [0.2, 0.25) is 0 Å². The van der Waals surface area contributed by atoms with E-state index in [1.165, 1.54) is 6.42 Å². The number of rotatable bonds is 2. The van der Waals surface area contributed by atoms with E-state index in [1.54, 1.807) is 12.1 Å². The summed E-state index contributed by atoms with van der Waals surface area (Å²) in [5, 5.41) is 0.664. The summed E-state index contributed by atoms with van der Waals surface area (Å²) < 4.78 is 12.7. The fourth-order valence-corrected chi connectivity index (χ4v) is 6.14. The zero-order valence-corrected chi connectivity index (χ0v) is 18.1. The number of hydrogen-bond donors (Lipinski definition) is 0. The summed E-state index contributed by atoms with van der Waals surface area (Å²) in [4.78, 5) is 25.1. The molecule has 2 aliphatic rings. The number of esters is 1. The monoisotopic (exact) mass is 482 g/mol. The van der Waals surface area contributed by atoms with Crippen molar-refractivity contribution < 1.29 is 13.9 Å². The van der Waals surface area contributed by atoms with Crippen LogP contribution >= 0.6 is 31.9 Å². The van der Waals surface area contributed by atoms with Crippen LogP contribution in [0.4, 0.5) is 0 Å². The standard InChI is InChI=1S/C20H20Br2O4/c1-19(2)11-4-5-20(19,3)15(8-11)25-17(23)13-7-10-6-12(21)9-14(22)16(10)26-18(13)24/h6-7,9,11,15H,4-5,8H2,1-3H3. The number of carbonyl (C=O) groups excluding carboxylic acids is 1. The van der Waals surface area contributed by atoms with Crippen molar-refractivity contribution in [1.82, 2.24) is 0 Å². The molecule has 3 unspecified atom stereocenters. The van der Waals surface area contributed by atoms with Gasteiger partial charge in [0.25, 0.3) is 0 Å². The molecule has 0 N–H and O–H groups in total. The van der Waals surface area contributed by atoms with E-state index in [0.717, 1.165) is 17.3 Å².